The number of benzene rings is 1. The Labute approximate surface area is 96.0 Å². The Bertz CT molecular complexity index is 424. The van der Waals surface area contributed by atoms with Crippen molar-refractivity contribution in [3.05, 3.63) is 29.3 Å². The molecule has 3 N–H and O–H groups in total. The van der Waals surface area contributed by atoms with E-state index >= 15 is 0 Å². The van der Waals surface area contributed by atoms with E-state index in [9.17, 15) is 4.79 Å². The minimum absolute atomic E-state index is 0.0788. The number of rotatable bonds is 3. The summed E-state index contributed by atoms with van der Waals surface area (Å²) >= 11 is 0. The van der Waals surface area contributed by atoms with Crippen LogP contribution in [0.25, 0.3) is 0 Å². The molecule has 0 unspecified atom stereocenters. The Morgan fingerprint density at radius 3 is 2.88 bits per heavy atom. The molecule has 0 aromatic heterocycles. The van der Waals surface area contributed by atoms with Crippen LogP contribution in [0.5, 0.6) is 0 Å². The molecule has 0 atom stereocenters. The molecule has 16 heavy (non-hydrogen) atoms. The molecule has 1 heterocycles. The number of hydrogen-bond acceptors (Lipinski definition) is 2. The lowest BCUT2D eigenvalue weighted by Gasteiger charge is -2.25. The van der Waals surface area contributed by atoms with E-state index in [0.717, 1.165) is 17.7 Å². The highest BCUT2D eigenvalue weighted by Crippen LogP contribution is 2.31. The highest BCUT2D eigenvalue weighted by atomic mass is 16.1. The van der Waals surface area contributed by atoms with Crippen molar-refractivity contribution in [3.8, 4) is 0 Å². The van der Waals surface area contributed by atoms with Gasteiger partial charge in [-0.3, -0.25) is 4.79 Å². The quantitative estimate of drug-likeness (QED) is 0.813. The maximum Gasteiger partial charge on any atom is 0.228 e. The lowest BCUT2D eigenvalue weighted by atomic mass is 9.81. The van der Waals surface area contributed by atoms with Gasteiger partial charge in [-0.05, 0) is 35.6 Å². The van der Waals surface area contributed by atoms with Gasteiger partial charge in [0, 0.05) is 5.69 Å². The third-order valence-corrected chi connectivity index (χ3v) is 3.28. The zero-order chi connectivity index (χ0) is 11.8. The predicted octanol–water partition coefficient (Wildman–Crippen LogP) is 1.81. The van der Waals surface area contributed by atoms with E-state index in [0.29, 0.717) is 13.0 Å². The van der Waals surface area contributed by atoms with Crippen LogP contribution in [0.4, 0.5) is 5.69 Å². The number of fused-ring (bicyclic) bond motifs is 1. The Morgan fingerprint density at radius 2 is 2.19 bits per heavy atom. The van der Waals surface area contributed by atoms with Crippen molar-refractivity contribution in [2.75, 3.05) is 11.9 Å². The van der Waals surface area contributed by atoms with Gasteiger partial charge in [0.1, 0.15) is 0 Å². The third-order valence-electron chi connectivity index (χ3n) is 3.28. The minimum atomic E-state index is 0.0788. The first-order valence-electron chi connectivity index (χ1n) is 5.66. The fraction of sp³-hybridized carbons (Fsp3) is 0.462. The summed E-state index contributed by atoms with van der Waals surface area (Å²) in [5.74, 6) is 0.0868. The molecule has 1 aromatic rings. The van der Waals surface area contributed by atoms with Crippen LogP contribution in [-0.4, -0.2) is 12.5 Å². The van der Waals surface area contributed by atoms with E-state index in [1.165, 1.54) is 5.56 Å². The van der Waals surface area contributed by atoms with Crippen LogP contribution in [0.1, 0.15) is 31.4 Å². The highest BCUT2D eigenvalue weighted by Gasteiger charge is 2.23. The number of anilines is 1. The molecule has 3 nitrogen and oxygen atoms in total. The Balaban J connectivity index is 2.32. The van der Waals surface area contributed by atoms with Gasteiger partial charge in [-0.15, -0.1) is 0 Å². The van der Waals surface area contributed by atoms with E-state index < -0.39 is 0 Å². The molecule has 1 aliphatic rings. The number of hydrogen-bond donors (Lipinski definition) is 2. The lowest BCUT2D eigenvalue weighted by Crippen LogP contribution is -2.21. The molecule has 0 bridgehead atoms. The largest absolute Gasteiger partial charge is 0.330 e. The molecule has 0 radical (unpaired) electrons. The van der Waals surface area contributed by atoms with E-state index in [-0.39, 0.29) is 11.3 Å². The SMILES string of the molecule is CC(C)(CCN)c1ccc2c(c1)CC(=O)N2. The monoisotopic (exact) mass is 218 g/mol. The Morgan fingerprint density at radius 1 is 1.44 bits per heavy atom. The van der Waals surface area contributed by atoms with Crippen molar-refractivity contribution in [2.45, 2.75) is 32.1 Å². The third kappa shape index (κ3) is 1.95. The summed E-state index contributed by atoms with van der Waals surface area (Å²) in [5, 5.41) is 2.84. The maximum atomic E-state index is 11.3. The van der Waals surface area contributed by atoms with Crippen LogP contribution < -0.4 is 11.1 Å². The molecule has 1 aliphatic heterocycles. The average molecular weight is 218 g/mol. The van der Waals surface area contributed by atoms with Crippen LogP contribution in [0, 0.1) is 0 Å². The van der Waals surface area contributed by atoms with E-state index in [1.807, 2.05) is 6.07 Å². The van der Waals surface area contributed by atoms with Crippen molar-refractivity contribution >= 4 is 11.6 Å². The molecule has 1 amide bonds. The summed E-state index contributed by atoms with van der Waals surface area (Å²) < 4.78 is 0. The van der Waals surface area contributed by atoms with Crippen LogP contribution >= 0.6 is 0 Å². The number of amides is 1. The summed E-state index contributed by atoms with van der Waals surface area (Å²) in [6.45, 7) is 5.05. The van der Waals surface area contributed by atoms with Gasteiger partial charge >= 0.3 is 0 Å². The Hall–Kier alpha value is -1.35. The smallest absolute Gasteiger partial charge is 0.228 e. The fourth-order valence-electron chi connectivity index (χ4n) is 2.16. The van der Waals surface area contributed by atoms with E-state index in [4.69, 9.17) is 5.73 Å². The van der Waals surface area contributed by atoms with Crippen molar-refractivity contribution in [2.24, 2.45) is 5.73 Å². The van der Waals surface area contributed by atoms with Gasteiger partial charge in [0.05, 0.1) is 6.42 Å². The number of carbonyl (C=O) groups excluding carboxylic acids is 1. The summed E-state index contributed by atoms with van der Waals surface area (Å²) in [6.07, 6.45) is 1.45. The van der Waals surface area contributed by atoms with E-state index in [2.05, 4.69) is 31.3 Å². The van der Waals surface area contributed by atoms with Gasteiger partial charge in [-0.25, -0.2) is 0 Å². The Kier molecular flexibility index (Phi) is 2.72. The average Bonchev–Trinajstić information content (AvgIpc) is 2.56. The molecule has 0 saturated carbocycles. The van der Waals surface area contributed by atoms with Crippen molar-refractivity contribution in [3.63, 3.8) is 0 Å². The standard InChI is InChI=1S/C13H18N2O/c1-13(2,5-6-14)10-3-4-11-9(7-10)8-12(16)15-11/h3-4,7H,5-6,8,14H2,1-2H3,(H,15,16). The second-order valence-electron chi connectivity index (χ2n) is 5.02. The van der Waals surface area contributed by atoms with Gasteiger partial charge in [0.25, 0.3) is 0 Å². The van der Waals surface area contributed by atoms with Crippen LogP contribution in [0.2, 0.25) is 0 Å². The molecule has 0 saturated heterocycles. The molecular formula is C13H18N2O. The first-order valence-corrected chi connectivity index (χ1v) is 5.66. The van der Waals surface area contributed by atoms with E-state index in [1.54, 1.807) is 0 Å². The fourth-order valence-corrected chi connectivity index (χ4v) is 2.16. The lowest BCUT2D eigenvalue weighted by molar-refractivity contribution is -0.115. The zero-order valence-corrected chi connectivity index (χ0v) is 9.84. The van der Waals surface area contributed by atoms with Gasteiger partial charge in [-0.1, -0.05) is 26.0 Å². The zero-order valence-electron chi connectivity index (χ0n) is 9.84. The van der Waals surface area contributed by atoms with Crippen LogP contribution in [0.3, 0.4) is 0 Å². The molecule has 1 aromatic carbocycles. The summed E-state index contributed by atoms with van der Waals surface area (Å²) in [7, 11) is 0. The second kappa shape index (κ2) is 3.91. The number of nitrogens with one attached hydrogen (secondary N) is 1. The first-order chi connectivity index (χ1) is 7.53. The molecule has 0 spiro atoms. The second-order valence-corrected chi connectivity index (χ2v) is 5.02. The summed E-state index contributed by atoms with van der Waals surface area (Å²) in [4.78, 5) is 11.3. The predicted molar refractivity (Wildman–Crippen MR) is 65.5 cm³/mol. The number of carbonyl (C=O) groups is 1. The van der Waals surface area contributed by atoms with Gasteiger partial charge in [0.2, 0.25) is 5.91 Å². The molecule has 86 valence electrons. The topological polar surface area (TPSA) is 55.1 Å². The van der Waals surface area contributed by atoms with Crippen LogP contribution in [-0.2, 0) is 16.6 Å². The van der Waals surface area contributed by atoms with Gasteiger partial charge < -0.3 is 11.1 Å². The first kappa shape index (κ1) is 11.1. The molecule has 0 fully saturated rings. The van der Waals surface area contributed by atoms with Crippen molar-refractivity contribution < 1.29 is 4.79 Å². The molecule has 3 heteroatoms. The maximum absolute atomic E-state index is 11.3. The van der Waals surface area contributed by atoms with Gasteiger partial charge in [0.15, 0.2) is 0 Å². The van der Waals surface area contributed by atoms with Gasteiger partial charge in [-0.2, -0.15) is 0 Å². The van der Waals surface area contributed by atoms with Crippen molar-refractivity contribution in [1.82, 2.24) is 0 Å². The van der Waals surface area contributed by atoms with Crippen molar-refractivity contribution in [1.29, 1.82) is 0 Å². The molecular weight excluding hydrogens is 200 g/mol. The minimum Gasteiger partial charge on any atom is -0.330 e. The molecule has 0 aliphatic carbocycles. The normalized spacial score (nSPS) is 14.8. The summed E-state index contributed by atoms with van der Waals surface area (Å²) in [5.41, 5.74) is 9.02. The summed E-state index contributed by atoms with van der Waals surface area (Å²) in [6, 6.07) is 6.21. The molecule has 2 rings (SSSR count). The highest BCUT2D eigenvalue weighted by molar-refractivity contribution is 5.99. The van der Waals surface area contributed by atoms with Crippen LogP contribution in [0.15, 0.2) is 18.2 Å². The number of nitrogens with two attached hydrogens (primary N) is 1.